The molecule has 1 fully saturated rings. The fourth-order valence-electron chi connectivity index (χ4n) is 2.04. The van der Waals surface area contributed by atoms with E-state index in [1.807, 2.05) is 18.7 Å². The largest absolute Gasteiger partial charge is 0.380 e. The van der Waals surface area contributed by atoms with Gasteiger partial charge in [0.05, 0.1) is 13.2 Å². The van der Waals surface area contributed by atoms with Gasteiger partial charge in [-0.15, -0.1) is 0 Å². The molecule has 1 aliphatic heterocycles. The van der Waals surface area contributed by atoms with Crippen LogP contribution in [0.1, 0.15) is 26.7 Å². The molecule has 0 radical (unpaired) electrons. The number of rotatable bonds is 5. The van der Waals surface area contributed by atoms with E-state index in [2.05, 4.69) is 0 Å². The van der Waals surface area contributed by atoms with Crippen molar-refractivity contribution in [3.8, 4) is 0 Å². The minimum Gasteiger partial charge on any atom is -0.380 e. The highest BCUT2D eigenvalue weighted by atomic mass is 19.3. The first-order valence-corrected chi connectivity index (χ1v) is 5.19. The lowest BCUT2D eigenvalue weighted by molar-refractivity contribution is -0.000963. The van der Waals surface area contributed by atoms with Crippen LogP contribution in [-0.4, -0.2) is 43.2 Å². The van der Waals surface area contributed by atoms with Crippen LogP contribution >= 0.6 is 0 Å². The van der Waals surface area contributed by atoms with Gasteiger partial charge in [0.25, 0.3) is 6.43 Å². The second kappa shape index (κ2) is 5.03. The molecule has 0 amide bonds. The summed E-state index contributed by atoms with van der Waals surface area (Å²) in [5.41, 5.74) is -0.174. The lowest BCUT2D eigenvalue weighted by Crippen LogP contribution is -2.47. The van der Waals surface area contributed by atoms with Gasteiger partial charge in [-0.3, -0.25) is 4.90 Å². The van der Waals surface area contributed by atoms with Gasteiger partial charge in [0.15, 0.2) is 0 Å². The van der Waals surface area contributed by atoms with Crippen molar-refractivity contribution in [3.05, 3.63) is 0 Å². The Hall–Kier alpha value is -0.220. The Morgan fingerprint density at radius 2 is 2.21 bits per heavy atom. The van der Waals surface area contributed by atoms with Crippen LogP contribution in [0.3, 0.4) is 0 Å². The maximum absolute atomic E-state index is 12.3. The molecule has 1 unspecified atom stereocenters. The Morgan fingerprint density at radius 1 is 1.50 bits per heavy atom. The van der Waals surface area contributed by atoms with E-state index < -0.39 is 6.43 Å². The third-order valence-corrected chi connectivity index (χ3v) is 2.88. The van der Waals surface area contributed by atoms with Gasteiger partial charge in [0.2, 0.25) is 0 Å². The minimum absolute atomic E-state index is 0.121. The molecular formula is C10H19F2NO. The average Bonchev–Trinajstić information content (AvgIpc) is 2.45. The first kappa shape index (κ1) is 11.9. The molecule has 1 heterocycles. The molecule has 0 spiro atoms. The number of nitrogens with zero attached hydrogens (tertiary/aromatic N) is 1. The standard InChI is InChI=1S/C10H19F2NO/c1-3-14-8-10(2)5-4-6-13(10)7-9(11)12/h9H,3-8H2,1-2H3. The Balaban J connectivity index is 2.47. The molecule has 0 N–H and O–H groups in total. The lowest BCUT2D eigenvalue weighted by Gasteiger charge is -2.34. The fourth-order valence-corrected chi connectivity index (χ4v) is 2.04. The summed E-state index contributed by atoms with van der Waals surface area (Å²) < 4.78 is 29.9. The highest BCUT2D eigenvalue weighted by molar-refractivity contribution is 4.92. The van der Waals surface area contributed by atoms with Crippen LogP contribution in [0.5, 0.6) is 0 Å². The topological polar surface area (TPSA) is 12.5 Å². The van der Waals surface area contributed by atoms with Gasteiger partial charge < -0.3 is 4.74 Å². The maximum Gasteiger partial charge on any atom is 0.251 e. The quantitative estimate of drug-likeness (QED) is 0.685. The summed E-state index contributed by atoms with van der Waals surface area (Å²) in [5.74, 6) is 0. The zero-order chi connectivity index (χ0) is 10.6. The summed E-state index contributed by atoms with van der Waals surface area (Å²) in [5, 5.41) is 0. The third kappa shape index (κ3) is 2.89. The fraction of sp³-hybridized carbons (Fsp3) is 1.00. The van der Waals surface area contributed by atoms with E-state index in [0.717, 1.165) is 19.4 Å². The zero-order valence-electron chi connectivity index (χ0n) is 8.93. The molecule has 1 aliphatic rings. The van der Waals surface area contributed by atoms with Crippen molar-refractivity contribution in [2.75, 3.05) is 26.3 Å². The highest BCUT2D eigenvalue weighted by Crippen LogP contribution is 2.29. The van der Waals surface area contributed by atoms with Crippen LogP contribution in [0.15, 0.2) is 0 Å². The van der Waals surface area contributed by atoms with E-state index in [0.29, 0.717) is 13.2 Å². The van der Waals surface area contributed by atoms with Crippen molar-refractivity contribution in [3.63, 3.8) is 0 Å². The normalized spacial score (nSPS) is 28.9. The summed E-state index contributed by atoms with van der Waals surface area (Å²) in [7, 11) is 0. The molecule has 2 nitrogen and oxygen atoms in total. The predicted molar refractivity (Wildman–Crippen MR) is 51.7 cm³/mol. The van der Waals surface area contributed by atoms with Gasteiger partial charge >= 0.3 is 0 Å². The third-order valence-electron chi connectivity index (χ3n) is 2.88. The van der Waals surface area contributed by atoms with Crippen LogP contribution in [0, 0.1) is 0 Å². The first-order valence-electron chi connectivity index (χ1n) is 5.19. The summed E-state index contributed by atoms with van der Waals surface area (Å²) in [6, 6.07) is 0. The average molecular weight is 207 g/mol. The number of halogens is 2. The van der Waals surface area contributed by atoms with E-state index in [4.69, 9.17) is 4.74 Å². The van der Waals surface area contributed by atoms with Crippen LogP contribution in [-0.2, 0) is 4.74 Å². The van der Waals surface area contributed by atoms with Crippen molar-refractivity contribution in [1.82, 2.24) is 4.90 Å². The predicted octanol–water partition coefficient (Wildman–Crippen LogP) is 2.14. The van der Waals surface area contributed by atoms with Gasteiger partial charge in [-0.1, -0.05) is 0 Å². The number of hydrogen-bond acceptors (Lipinski definition) is 2. The van der Waals surface area contributed by atoms with Gasteiger partial charge in [-0.25, -0.2) is 8.78 Å². The molecule has 0 bridgehead atoms. The maximum atomic E-state index is 12.3. The Morgan fingerprint density at radius 3 is 2.79 bits per heavy atom. The van der Waals surface area contributed by atoms with Gasteiger partial charge in [0.1, 0.15) is 0 Å². The molecule has 0 saturated carbocycles. The smallest absolute Gasteiger partial charge is 0.251 e. The van der Waals surface area contributed by atoms with E-state index >= 15 is 0 Å². The molecule has 1 saturated heterocycles. The zero-order valence-corrected chi connectivity index (χ0v) is 8.93. The lowest BCUT2D eigenvalue weighted by atomic mass is 10.0. The summed E-state index contributed by atoms with van der Waals surface area (Å²) >= 11 is 0. The van der Waals surface area contributed by atoms with E-state index in [1.165, 1.54) is 0 Å². The number of likely N-dealkylation sites (tertiary alicyclic amines) is 1. The SMILES string of the molecule is CCOCC1(C)CCCN1CC(F)F. The van der Waals surface area contributed by atoms with Crippen LogP contribution in [0.25, 0.3) is 0 Å². The van der Waals surface area contributed by atoms with Crippen molar-refractivity contribution >= 4 is 0 Å². The van der Waals surface area contributed by atoms with Gasteiger partial charge in [-0.05, 0) is 33.2 Å². The van der Waals surface area contributed by atoms with Crippen molar-refractivity contribution < 1.29 is 13.5 Å². The van der Waals surface area contributed by atoms with Crippen molar-refractivity contribution in [2.24, 2.45) is 0 Å². The summed E-state index contributed by atoms with van der Waals surface area (Å²) in [6.45, 7) is 5.81. The van der Waals surface area contributed by atoms with Crippen molar-refractivity contribution in [1.29, 1.82) is 0 Å². The van der Waals surface area contributed by atoms with E-state index in [-0.39, 0.29) is 12.1 Å². The molecular weight excluding hydrogens is 188 g/mol. The molecule has 1 rings (SSSR count). The van der Waals surface area contributed by atoms with Crippen molar-refractivity contribution in [2.45, 2.75) is 38.7 Å². The first-order chi connectivity index (χ1) is 6.58. The minimum atomic E-state index is -2.24. The van der Waals surface area contributed by atoms with Crippen LogP contribution < -0.4 is 0 Å². The molecule has 0 aliphatic carbocycles. The Bertz CT molecular complexity index is 178. The molecule has 84 valence electrons. The number of ether oxygens (including phenoxy) is 1. The van der Waals surface area contributed by atoms with Crippen LogP contribution in [0.4, 0.5) is 8.78 Å². The van der Waals surface area contributed by atoms with E-state index in [9.17, 15) is 8.78 Å². The number of alkyl halides is 2. The molecule has 14 heavy (non-hydrogen) atoms. The van der Waals surface area contributed by atoms with Gasteiger partial charge in [0, 0.05) is 12.1 Å². The summed E-state index contributed by atoms with van der Waals surface area (Å²) in [6.07, 6.45) is -0.287. The number of hydrogen-bond donors (Lipinski definition) is 0. The molecule has 0 aromatic heterocycles. The Kier molecular flexibility index (Phi) is 4.26. The van der Waals surface area contributed by atoms with E-state index in [1.54, 1.807) is 0 Å². The molecule has 1 atom stereocenters. The van der Waals surface area contributed by atoms with Gasteiger partial charge in [-0.2, -0.15) is 0 Å². The monoisotopic (exact) mass is 207 g/mol. The summed E-state index contributed by atoms with van der Waals surface area (Å²) in [4.78, 5) is 1.85. The van der Waals surface area contributed by atoms with Crippen LogP contribution in [0.2, 0.25) is 0 Å². The molecule has 0 aromatic carbocycles. The molecule has 4 heteroatoms. The second-order valence-corrected chi connectivity index (χ2v) is 4.07. The Labute approximate surface area is 84.2 Å². The highest BCUT2D eigenvalue weighted by Gasteiger charge is 2.37. The molecule has 0 aromatic rings. The second-order valence-electron chi connectivity index (χ2n) is 4.07.